The highest BCUT2D eigenvalue weighted by Gasteiger charge is 2.39. The average molecular weight is 208 g/mol. The van der Waals surface area contributed by atoms with Gasteiger partial charge in [-0.05, 0) is 13.0 Å². The number of carbonyl (C=O) groups excluding carboxylic acids is 1. The van der Waals surface area contributed by atoms with Crippen molar-refractivity contribution in [3.63, 3.8) is 0 Å². The standard InChI is InChI=1S/C8H7F3O3/c1-2-13-7(12)5-3-4-14-6(5)8(9,10)11/h3-4H,2H2,1H3. The number of halogens is 3. The lowest BCUT2D eigenvalue weighted by atomic mass is 10.2. The Bertz CT molecular complexity index is 327. The summed E-state index contributed by atoms with van der Waals surface area (Å²) in [5, 5.41) is 0. The normalized spacial score (nSPS) is 11.4. The van der Waals surface area contributed by atoms with Crippen molar-refractivity contribution in [1.82, 2.24) is 0 Å². The quantitative estimate of drug-likeness (QED) is 0.701. The topological polar surface area (TPSA) is 39.4 Å². The van der Waals surface area contributed by atoms with Crippen LogP contribution in [0.3, 0.4) is 0 Å². The molecule has 14 heavy (non-hydrogen) atoms. The van der Waals surface area contributed by atoms with E-state index in [1.807, 2.05) is 0 Å². The zero-order valence-corrected chi connectivity index (χ0v) is 7.22. The maximum Gasteiger partial charge on any atom is 0.450 e. The van der Waals surface area contributed by atoms with E-state index in [0.29, 0.717) is 0 Å². The number of hydrogen-bond acceptors (Lipinski definition) is 3. The summed E-state index contributed by atoms with van der Waals surface area (Å²) in [6.45, 7) is 1.52. The van der Waals surface area contributed by atoms with Crippen molar-refractivity contribution in [3.05, 3.63) is 23.7 Å². The van der Waals surface area contributed by atoms with Crippen LogP contribution in [0, 0.1) is 0 Å². The third-order valence-electron chi connectivity index (χ3n) is 1.42. The summed E-state index contributed by atoms with van der Waals surface area (Å²) in [5.74, 6) is -2.36. The smallest absolute Gasteiger partial charge is 0.450 e. The molecule has 0 N–H and O–H groups in total. The molecule has 3 nitrogen and oxygen atoms in total. The first-order chi connectivity index (χ1) is 6.46. The molecule has 0 amide bonds. The lowest BCUT2D eigenvalue weighted by Crippen LogP contribution is -2.12. The Labute approximate surface area is 77.5 Å². The molecule has 1 aromatic rings. The number of ether oxygens (including phenoxy) is 1. The minimum absolute atomic E-state index is 0.0152. The zero-order chi connectivity index (χ0) is 10.8. The van der Waals surface area contributed by atoms with Gasteiger partial charge in [0.2, 0.25) is 5.76 Å². The fourth-order valence-corrected chi connectivity index (χ4v) is 0.898. The molecule has 0 saturated carbocycles. The molecule has 0 aromatic carbocycles. The second-order valence-corrected chi connectivity index (χ2v) is 2.38. The summed E-state index contributed by atoms with van der Waals surface area (Å²) in [6, 6.07) is 0.931. The number of rotatable bonds is 2. The van der Waals surface area contributed by atoms with E-state index in [1.165, 1.54) is 6.92 Å². The van der Waals surface area contributed by atoms with E-state index in [9.17, 15) is 18.0 Å². The van der Waals surface area contributed by atoms with Crippen LogP contribution in [-0.2, 0) is 10.9 Å². The number of esters is 1. The monoisotopic (exact) mass is 208 g/mol. The molecular weight excluding hydrogens is 201 g/mol. The van der Waals surface area contributed by atoms with Gasteiger partial charge < -0.3 is 9.15 Å². The maximum absolute atomic E-state index is 12.2. The van der Waals surface area contributed by atoms with Crippen molar-refractivity contribution in [1.29, 1.82) is 0 Å². The fraction of sp³-hybridized carbons (Fsp3) is 0.375. The predicted molar refractivity (Wildman–Crippen MR) is 39.7 cm³/mol. The van der Waals surface area contributed by atoms with Crippen molar-refractivity contribution >= 4 is 5.97 Å². The van der Waals surface area contributed by atoms with Gasteiger partial charge in [0.15, 0.2) is 0 Å². The molecule has 0 aliphatic heterocycles. The summed E-state index contributed by atoms with van der Waals surface area (Å²) in [5.41, 5.74) is -0.598. The summed E-state index contributed by atoms with van der Waals surface area (Å²) in [6.07, 6.45) is -3.87. The van der Waals surface area contributed by atoms with Crippen LogP contribution in [0.15, 0.2) is 16.7 Å². The van der Waals surface area contributed by atoms with Gasteiger partial charge in [0, 0.05) is 0 Å². The molecule has 1 rings (SSSR count). The molecule has 6 heteroatoms. The number of furan rings is 1. The lowest BCUT2D eigenvalue weighted by molar-refractivity contribution is -0.153. The average Bonchev–Trinajstić information content (AvgIpc) is 2.50. The number of hydrogen-bond donors (Lipinski definition) is 0. The SMILES string of the molecule is CCOC(=O)c1ccoc1C(F)(F)F. The molecule has 0 atom stereocenters. The Morgan fingerprint density at radius 2 is 2.21 bits per heavy atom. The summed E-state index contributed by atoms with van der Waals surface area (Å²) in [7, 11) is 0. The number of carbonyl (C=O) groups is 1. The molecule has 0 radical (unpaired) electrons. The van der Waals surface area contributed by atoms with Crippen LogP contribution in [-0.4, -0.2) is 12.6 Å². The minimum Gasteiger partial charge on any atom is -0.462 e. The van der Waals surface area contributed by atoms with Gasteiger partial charge in [-0.2, -0.15) is 13.2 Å². The van der Waals surface area contributed by atoms with Gasteiger partial charge in [-0.25, -0.2) is 4.79 Å². The highest BCUT2D eigenvalue weighted by Crippen LogP contribution is 2.32. The Hall–Kier alpha value is -1.46. The molecular formula is C8H7F3O3. The van der Waals surface area contributed by atoms with E-state index in [2.05, 4.69) is 9.15 Å². The highest BCUT2D eigenvalue weighted by molar-refractivity contribution is 5.90. The van der Waals surface area contributed by atoms with E-state index in [0.717, 1.165) is 12.3 Å². The van der Waals surface area contributed by atoms with E-state index >= 15 is 0 Å². The second kappa shape index (κ2) is 3.73. The first kappa shape index (κ1) is 10.6. The minimum atomic E-state index is -4.68. The molecule has 0 aliphatic carbocycles. The first-order valence-corrected chi connectivity index (χ1v) is 3.78. The Morgan fingerprint density at radius 3 is 2.71 bits per heavy atom. The Kier molecular flexibility index (Phi) is 2.83. The summed E-state index contributed by atoms with van der Waals surface area (Å²) < 4.78 is 45.1. The van der Waals surface area contributed by atoms with E-state index < -0.39 is 23.5 Å². The Balaban J connectivity index is 2.99. The van der Waals surface area contributed by atoms with Crippen molar-refractivity contribution in [2.75, 3.05) is 6.61 Å². The molecule has 0 unspecified atom stereocenters. The predicted octanol–water partition coefficient (Wildman–Crippen LogP) is 2.48. The molecule has 0 spiro atoms. The third-order valence-corrected chi connectivity index (χ3v) is 1.42. The van der Waals surface area contributed by atoms with Crippen molar-refractivity contribution in [3.8, 4) is 0 Å². The van der Waals surface area contributed by atoms with E-state index in [-0.39, 0.29) is 6.61 Å². The molecule has 0 saturated heterocycles. The zero-order valence-electron chi connectivity index (χ0n) is 7.22. The van der Waals surface area contributed by atoms with Crippen LogP contribution in [0.5, 0.6) is 0 Å². The van der Waals surface area contributed by atoms with Crippen LogP contribution in [0.2, 0.25) is 0 Å². The van der Waals surface area contributed by atoms with Crippen LogP contribution < -0.4 is 0 Å². The molecule has 0 aliphatic rings. The van der Waals surface area contributed by atoms with Crippen LogP contribution >= 0.6 is 0 Å². The third kappa shape index (κ3) is 2.07. The van der Waals surface area contributed by atoms with Crippen LogP contribution in [0.1, 0.15) is 23.0 Å². The first-order valence-electron chi connectivity index (χ1n) is 3.78. The second-order valence-electron chi connectivity index (χ2n) is 2.38. The van der Waals surface area contributed by atoms with Gasteiger partial charge in [0.25, 0.3) is 0 Å². The van der Waals surface area contributed by atoms with Gasteiger partial charge in [0.1, 0.15) is 5.56 Å². The fourth-order valence-electron chi connectivity index (χ4n) is 0.898. The van der Waals surface area contributed by atoms with Gasteiger partial charge in [-0.15, -0.1) is 0 Å². The Morgan fingerprint density at radius 1 is 1.57 bits per heavy atom. The summed E-state index contributed by atoms with van der Waals surface area (Å²) in [4.78, 5) is 11.0. The van der Waals surface area contributed by atoms with Gasteiger partial charge in [-0.1, -0.05) is 0 Å². The van der Waals surface area contributed by atoms with Crippen molar-refractivity contribution in [2.45, 2.75) is 13.1 Å². The molecule has 1 heterocycles. The maximum atomic E-state index is 12.2. The molecule has 1 aromatic heterocycles. The van der Waals surface area contributed by atoms with E-state index in [1.54, 1.807) is 0 Å². The molecule has 0 fully saturated rings. The molecule has 78 valence electrons. The molecule has 0 bridgehead atoms. The van der Waals surface area contributed by atoms with Crippen LogP contribution in [0.4, 0.5) is 13.2 Å². The lowest BCUT2D eigenvalue weighted by Gasteiger charge is -2.05. The number of alkyl halides is 3. The summed E-state index contributed by atoms with van der Waals surface area (Å²) >= 11 is 0. The van der Waals surface area contributed by atoms with Gasteiger partial charge in [-0.3, -0.25) is 0 Å². The van der Waals surface area contributed by atoms with Crippen LogP contribution in [0.25, 0.3) is 0 Å². The van der Waals surface area contributed by atoms with Gasteiger partial charge in [0.05, 0.1) is 12.9 Å². The van der Waals surface area contributed by atoms with Crippen molar-refractivity contribution in [2.24, 2.45) is 0 Å². The highest BCUT2D eigenvalue weighted by atomic mass is 19.4. The van der Waals surface area contributed by atoms with E-state index in [4.69, 9.17) is 0 Å². The van der Waals surface area contributed by atoms with Crippen molar-refractivity contribution < 1.29 is 27.1 Å². The largest absolute Gasteiger partial charge is 0.462 e. The van der Waals surface area contributed by atoms with Gasteiger partial charge >= 0.3 is 12.1 Å².